The fraction of sp³-hybridized carbons (Fsp3) is 0.263. The third kappa shape index (κ3) is 7.51. The number of amidine groups is 1. The highest BCUT2D eigenvalue weighted by Crippen LogP contribution is 2.20. The Balaban J connectivity index is 2.19. The van der Waals surface area contributed by atoms with Crippen molar-refractivity contribution in [1.82, 2.24) is 9.97 Å². The van der Waals surface area contributed by atoms with Crippen LogP contribution >= 0.6 is 11.8 Å². The van der Waals surface area contributed by atoms with Gasteiger partial charge in [0.05, 0.1) is 39.9 Å². The highest BCUT2D eigenvalue weighted by atomic mass is 32.2. The predicted molar refractivity (Wildman–Crippen MR) is 122 cm³/mol. The first-order chi connectivity index (χ1) is 14.1. The maximum Gasteiger partial charge on any atom is 0.434 e. The summed E-state index contributed by atoms with van der Waals surface area (Å²) in [5, 5.41) is 11.0. The number of aromatic nitrogens is 2. The van der Waals surface area contributed by atoms with E-state index in [1.165, 1.54) is 12.4 Å². The van der Waals surface area contributed by atoms with Gasteiger partial charge in [0.2, 0.25) is 0 Å². The van der Waals surface area contributed by atoms with Crippen molar-refractivity contribution in [3.05, 3.63) is 36.3 Å². The van der Waals surface area contributed by atoms with Gasteiger partial charge in [0.15, 0.2) is 11.0 Å². The van der Waals surface area contributed by atoms with Crippen molar-refractivity contribution in [2.45, 2.75) is 33.3 Å². The van der Waals surface area contributed by atoms with Gasteiger partial charge in [-0.2, -0.15) is 4.99 Å². The Bertz CT molecular complexity index is 1040. The van der Waals surface area contributed by atoms with Gasteiger partial charge in [0.1, 0.15) is 5.60 Å². The van der Waals surface area contributed by atoms with Crippen LogP contribution in [0.2, 0.25) is 0 Å². The standard InChI is InChI=1S/C19H24N8O2S/c1-11(21)30-17(22)27-16-6-5-14-15(26-16)7-12(9-23-14)25-13(8-20)10-24-18(28)29-19(2,3)4/h5-10,21,25H,20H2,1-4H3,(H2,22,26,27). The molecule has 6 N–H and O–H groups in total. The van der Waals surface area contributed by atoms with E-state index in [1.54, 1.807) is 52.1 Å². The Kier molecular flexibility index (Phi) is 7.48. The fourth-order valence-corrected chi connectivity index (χ4v) is 2.57. The number of carbonyl (C=O) groups is 1. The molecule has 0 aliphatic rings. The number of rotatable bonds is 4. The van der Waals surface area contributed by atoms with Crippen LogP contribution < -0.4 is 16.8 Å². The second kappa shape index (κ2) is 9.83. The van der Waals surface area contributed by atoms with Gasteiger partial charge in [-0.1, -0.05) is 0 Å². The van der Waals surface area contributed by atoms with E-state index in [-0.39, 0.29) is 5.17 Å². The molecule has 2 rings (SSSR count). The number of fused-ring (bicyclic) bond motifs is 1. The molecule has 0 saturated heterocycles. The Morgan fingerprint density at radius 3 is 2.70 bits per heavy atom. The van der Waals surface area contributed by atoms with Gasteiger partial charge in [-0.15, -0.1) is 0 Å². The van der Waals surface area contributed by atoms with Crippen molar-refractivity contribution in [1.29, 1.82) is 5.41 Å². The Hall–Kier alpha value is -3.47. The van der Waals surface area contributed by atoms with Crippen LogP contribution in [0.5, 0.6) is 0 Å². The van der Waals surface area contributed by atoms with Crippen LogP contribution in [0.4, 0.5) is 16.3 Å². The molecule has 158 valence electrons. The zero-order valence-corrected chi connectivity index (χ0v) is 17.9. The molecule has 0 aliphatic carbocycles. The van der Waals surface area contributed by atoms with Gasteiger partial charge in [-0.25, -0.2) is 14.8 Å². The number of ether oxygens (including phenoxy) is 1. The lowest BCUT2D eigenvalue weighted by Gasteiger charge is -2.17. The minimum atomic E-state index is -0.722. The number of aliphatic imine (C=N–C) groups is 2. The number of nitrogens with two attached hydrogens (primary N) is 2. The number of hydrogen-bond acceptors (Lipinski definition) is 9. The fourth-order valence-electron chi connectivity index (χ4n) is 2.11. The highest BCUT2D eigenvalue weighted by Gasteiger charge is 2.15. The molecule has 0 fully saturated rings. The molecule has 2 aromatic heterocycles. The molecule has 0 atom stereocenters. The van der Waals surface area contributed by atoms with Gasteiger partial charge in [-0.05, 0) is 57.7 Å². The van der Waals surface area contributed by atoms with E-state index >= 15 is 0 Å². The van der Waals surface area contributed by atoms with E-state index in [9.17, 15) is 4.79 Å². The van der Waals surface area contributed by atoms with Crippen molar-refractivity contribution < 1.29 is 9.53 Å². The number of allylic oxidation sites excluding steroid dienone is 1. The van der Waals surface area contributed by atoms with Crippen molar-refractivity contribution >= 4 is 56.8 Å². The molecule has 30 heavy (non-hydrogen) atoms. The Morgan fingerprint density at radius 2 is 2.07 bits per heavy atom. The third-order valence-electron chi connectivity index (χ3n) is 3.18. The van der Waals surface area contributed by atoms with Crippen molar-refractivity contribution in [3.8, 4) is 0 Å². The lowest BCUT2D eigenvalue weighted by molar-refractivity contribution is 0.0605. The first-order valence-corrected chi connectivity index (χ1v) is 9.67. The maximum atomic E-state index is 11.7. The molecule has 0 aliphatic heterocycles. The lowest BCUT2D eigenvalue weighted by atomic mass is 10.2. The van der Waals surface area contributed by atoms with Crippen LogP contribution in [0.1, 0.15) is 27.7 Å². The van der Waals surface area contributed by atoms with Gasteiger partial charge in [0, 0.05) is 6.20 Å². The number of pyridine rings is 2. The van der Waals surface area contributed by atoms with Crippen LogP contribution in [0.15, 0.2) is 46.3 Å². The second-order valence-corrected chi connectivity index (χ2v) is 8.26. The average molecular weight is 429 g/mol. The van der Waals surface area contributed by atoms with Crippen molar-refractivity contribution in [2.75, 3.05) is 5.32 Å². The van der Waals surface area contributed by atoms with Gasteiger partial charge in [0.25, 0.3) is 0 Å². The molecule has 11 heteroatoms. The minimum Gasteiger partial charge on any atom is -0.442 e. The topological polar surface area (TPSA) is 165 Å². The first-order valence-electron chi connectivity index (χ1n) is 8.85. The lowest BCUT2D eigenvalue weighted by Crippen LogP contribution is -2.22. The Labute approximate surface area is 178 Å². The summed E-state index contributed by atoms with van der Waals surface area (Å²) in [6.45, 7) is 6.88. The summed E-state index contributed by atoms with van der Waals surface area (Å²) in [5.41, 5.74) is 13.0. The van der Waals surface area contributed by atoms with Gasteiger partial charge < -0.3 is 21.5 Å². The van der Waals surface area contributed by atoms with Crippen molar-refractivity contribution in [2.24, 2.45) is 21.5 Å². The van der Waals surface area contributed by atoms with Crippen LogP contribution in [-0.2, 0) is 4.74 Å². The van der Waals surface area contributed by atoms with E-state index in [0.717, 1.165) is 11.8 Å². The van der Waals surface area contributed by atoms with E-state index in [1.807, 2.05) is 0 Å². The molecule has 0 radical (unpaired) electrons. The second-order valence-electron chi connectivity index (χ2n) is 7.03. The molecule has 10 nitrogen and oxygen atoms in total. The molecule has 1 amide bonds. The number of nitrogens with zero attached hydrogens (tertiary/aromatic N) is 4. The molecule has 2 aromatic rings. The normalized spacial score (nSPS) is 12.9. The SMILES string of the molecule is CC(=N)SC(N)=Nc1ccc2ncc(NC(C=NC(=O)OC(C)(C)C)=CN)cc2n1. The summed E-state index contributed by atoms with van der Waals surface area (Å²) in [6, 6.07) is 5.20. The maximum absolute atomic E-state index is 11.7. The monoisotopic (exact) mass is 428 g/mol. The predicted octanol–water partition coefficient (Wildman–Crippen LogP) is 3.52. The summed E-state index contributed by atoms with van der Waals surface area (Å²) in [6.07, 6.45) is 3.41. The first kappa shape index (κ1) is 22.8. The van der Waals surface area contributed by atoms with Crippen LogP contribution in [-0.4, -0.2) is 38.1 Å². The van der Waals surface area contributed by atoms with E-state index in [4.69, 9.17) is 21.6 Å². The molecule has 0 spiro atoms. The summed E-state index contributed by atoms with van der Waals surface area (Å²) in [5.74, 6) is 0.397. The van der Waals surface area contributed by atoms with E-state index in [0.29, 0.717) is 33.3 Å². The molecular weight excluding hydrogens is 404 g/mol. The number of anilines is 1. The summed E-state index contributed by atoms with van der Waals surface area (Å²) < 4.78 is 5.12. The number of amides is 1. The highest BCUT2D eigenvalue weighted by molar-refractivity contribution is 8.26. The number of hydrogen-bond donors (Lipinski definition) is 4. The minimum absolute atomic E-state index is 0.225. The largest absolute Gasteiger partial charge is 0.442 e. The molecular formula is C19H24N8O2S. The number of thioether (sulfide) groups is 1. The quantitative estimate of drug-likeness (QED) is 0.424. The zero-order valence-electron chi connectivity index (χ0n) is 17.1. The summed E-state index contributed by atoms with van der Waals surface area (Å²) >= 11 is 1.05. The molecule has 0 saturated carbocycles. The van der Waals surface area contributed by atoms with Crippen LogP contribution in [0, 0.1) is 5.41 Å². The summed E-state index contributed by atoms with van der Waals surface area (Å²) in [4.78, 5) is 28.4. The zero-order chi connectivity index (χ0) is 22.3. The van der Waals surface area contributed by atoms with E-state index in [2.05, 4.69) is 25.3 Å². The van der Waals surface area contributed by atoms with E-state index < -0.39 is 11.7 Å². The molecule has 0 unspecified atom stereocenters. The average Bonchev–Trinajstić information content (AvgIpc) is 2.62. The molecule has 0 bridgehead atoms. The smallest absolute Gasteiger partial charge is 0.434 e. The van der Waals surface area contributed by atoms with Crippen molar-refractivity contribution in [3.63, 3.8) is 0 Å². The third-order valence-corrected chi connectivity index (χ3v) is 3.78. The number of carbonyl (C=O) groups excluding carboxylic acids is 1. The van der Waals surface area contributed by atoms with Gasteiger partial charge in [-0.3, -0.25) is 10.4 Å². The van der Waals surface area contributed by atoms with Crippen LogP contribution in [0.25, 0.3) is 11.0 Å². The molecule has 2 heterocycles. The Morgan fingerprint density at radius 1 is 1.33 bits per heavy atom. The number of nitrogens with one attached hydrogen (secondary N) is 2. The van der Waals surface area contributed by atoms with Crippen LogP contribution in [0.3, 0.4) is 0 Å². The molecule has 0 aromatic carbocycles. The van der Waals surface area contributed by atoms with Gasteiger partial charge >= 0.3 is 6.09 Å². The summed E-state index contributed by atoms with van der Waals surface area (Å²) in [7, 11) is 0.